The monoisotopic (exact) mass is 300 g/mol. The van der Waals surface area contributed by atoms with Gasteiger partial charge < -0.3 is 19.9 Å². The number of nitrogens with two attached hydrogens (primary N) is 1. The SMILES string of the molecule is COc1ccc(C2C(CN)OCCN2C)c(Cl)c1OC. The Kier molecular flexibility index (Phi) is 5.10. The maximum absolute atomic E-state index is 6.49. The summed E-state index contributed by atoms with van der Waals surface area (Å²) in [6.07, 6.45) is -0.0793. The first kappa shape index (κ1) is 15.4. The van der Waals surface area contributed by atoms with Crippen LogP contribution in [0.25, 0.3) is 0 Å². The van der Waals surface area contributed by atoms with Gasteiger partial charge in [-0.15, -0.1) is 0 Å². The summed E-state index contributed by atoms with van der Waals surface area (Å²) in [4.78, 5) is 2.20. The van der Waals surface area contributed by atoms with Gasteiger partial charge in [0.15, 0.2) is 11.5 Å². The van der Waals surface area contributed by atoms with Crippen molar-refractivity contribution in [3.63, 3.8) is 0 Å². The molecule has 2 N–H and O–H groups in total. The highest BCUT2D eigenvalue weighted by Crippen LogP contribution is 2.42. The van der Waals surface area contributed by atoms with E-state index < -0.39 is 0 Å². The van der Waals surface area contributed by atoms with Crippen molar-refractivity contribution in [3.05, 3.63) is 22.7 Å². The number of ether oxygens (including phenoxy) is 3. The lowest BCUT2D eigenvalue weighted by Gasteiger charge is -2.39. The van der Waals surface area contributed by atoms with Crippen molar-refractivity contribution in [2.75, 3.05) is 41.0 Å². The molecule has 2 rings (SSSR count). The lowest BCUT2D eigenvalue weighted by molar-refractivity contribution is -0.0576. The zero-order chi connectivity index (χ0) is 14.7. The van der Waals surface area contributed by atoms with Crippen LogP contribution in [0.2, 0.25) is 5.02 Å². The van der Waals surface area contributed by atoms with Crippen LogP contribution in [0.1, 0.15) is 11.6 Å². The van der Waals surface area contributed by atoms with Gasteiger partial charge in [0.1, 0.15) is 0 Å². The zero-order valence-corrected chi connectivity index (χ0v) is 12.8. The van der Waals surface area contributed by atoms with Crippen LogP contribution in [0, 0.1) is 0 Å². The minimum Gasteiger partial charge on any atom is -0.493 e. The largest absolute Gasteiger partial charge is 0.493 e. The van der Waals surface area contributed by atoms with E-state index in [-0.39, 0.29) is 12.1 Å². The van der Waals surface area contributed by atoms with E-state index in [1.165, 1.54) is 0 Å². The fourth-order valence-corrected chi connectivity index (χ4v) is 2.97. The minimum absolute atomic E-state index is 0.0149. The summed E-state index contributed by atoms with van der Waals surface area (Å²) in [6, 6.07) is 3.82. The van der Waals surface area contributed by atoms with E-state index in [9.17, 15) is 0 Å². The van der Waals surface area contributed by atoms with Gasteiger partial charge in [0.05, 0.1) is 38.0 Å². The van der Waals surface area contributed by atoms with Crippen LogP contribution in [0.15, 0.2) is 12.1 Å². The second-order valence-corrected chi connectivity index (χ2v) is 5.15. The van der Waals surface area contributed by atoms with E-state index in [0.717, 1.165) is 12.1 Å². The van der Waals surface area contributed by atoms with E-state index in [0.29, 0.717) is 29.7 Å². The normalized spacial score (nSPS) is 23.6. The molecule has 6 heteroatoms. The third kappa shape index (κ3) is 2.72. The van der Waals surface area contributed by atoms with Crippen LogP contribution in [0.4, 0.5) is 0 Å². The van der Waals surface area contributed by atoms with Crippen molar-refractivity contribution in [1.29, 1.82) is 0 Å². The van der Waals surface area contributed by atoms with Crippen LogP contribution >= 0.6 is 11.6 Å². The molecule has 2 atom stereocenters. The first-order chi connectivity index (χ1) is 9.63. The Morgan fingerprint density at radius 3 is 2.75 bits per heavy atom. The first-order valence-corrected chi connectivity index (χ1v) is 6.94. The summed E-state index contributed by atoms with van der Waals surface area (Å²) in [5, 5.41) is 0.549. The Hall–Kier alpha value is -1.01. The number of hydrogen-bond acceptors (Lipinski definition) is 5. The van der Waals surface area contributed by atoms with Gasteiger partial charge in [0.2, 0.25) is 0 Å². The average Bonchev–Trinajstić information content (AvgIpc) is 2.47. The van der Waals surface area contributed by atoms with Gasteiger partial charge in [-0.1, -0.05) is 17.7 Å². The van der Waals surface area contributed by atoms with Gasteiger partial charge in [-0.25, -0.2) is 0 Å². The summed E-state index contributed by atoms with van der Waals surface area (Å²) < 4.78 is 16.4. The van der Waals surface area contributed by atoms with Crippen LogP contribution in [-0.4, -0.2) is 52.0 Å². The van der Waals surface area contributed by atoms with Crippen LogP contribution in [0.5, 0.6) is 11.5 Å². The van der Waals surface area contributed by atoms with Crippen LogP contribution in [-0.2, 0) is 4.74 Å². The second-order valence-electron chi connectivity index (χ2n) is 4.77. The maximum atomic E-state index is 6.49. The Morgan fingerprint density at radius 1 is 1.40 bits per heavy atom. The van der Waals surface area contributed by atoms with Gasteiger partial charge in [0, 0.05) is 13.1 Å². The molecule has 1 fully saturated rings. The number of morpholine rings is 1. The highest BCUT2D eigenvalue weighted by atomic mass is 35.5. The minimum atomic E-state index is -0.0793. The maximum Gasteiger partial charge on any atom is 0.179 e. The van der Waals surface area contributed by atoms with Crippen molar-refractivity contribution >= 4 is 11.6 Å². The number of rotatable bonds is 4. The molecule has 0 amide bonds. The third-order valence-corrected chi connectivity index (χ3v) is 4.06. The predicted molar refractivity (Wildman–Crippen MR) is 78.7 cm³/mol. The third-order valence-electron chi connectivity index (χ3n) is 3.67. The van der Waals surface area contributed by atoms with Crippen molar-refractivity contribution in [3.8, 4) is 11.5 Å². The highest BCUT2D eigenvalue weighted by molar-refractivity contribution is 6.33. The fourth-order valence-electron chi connectivity index (χ4n) is 2.63. The van der Waals surface area contributed by atoms with Gasteiger partial charge in [0.25, 0.3) is 0 Å². The molecule has 112 valence electrons. The van der Waals surface area contributed by atoms with Crippen molar-refractivity contribution in [1.82, 2.24) is 4.90 Å². The molecule has 5 nitrogen and oxygen atoms in total. The molecule has 1 aromatic rings. The molecule has 2 unspecified atom stereocenters. The first-order valence-electron chi connectivity index (χ1n) is 6.56. The predicted octanol–water partition coefficient (Wildman–Crippen LogP) is 1.69. The molecule has 1 aliphatic heterocycles. The Bertz CT molecular complexity index is 470. The Morgan fingerprint density at radius 2 is 2.15 bits per heavy atom. The van der Waals surface area contributed by atoms with E-state index >= 15 is 0 Å². The molecule has 0 aromatic heterocycles. The summed E-state index contributed by atoms with van der Waals surface area (Å²) in [6.45, 7) is 1.96. The van der Waals surface area contributed by atoms with Gasteiger partial charge in [-0.2, -0.15) is 0 Å². The number of halogens is 1. The molecule has 0 radical (unpaired) electrons. The van der Waals surface area contributed by atoms with Gasteiger partial charge >= 0.3 is 0 Å². The molecule has 1 heterocycles. The fraction of sp³-hybridized carbons (Fsp3) is 0.571. The van der Waals surface area contributed by atoms with Crippen LogP contribution in [0.3, 0.4) is 0 Å². The summed E-state index contributed by atoms with van der Waals surface area (Å²) in [7, 11) is 5.21. The molecule has 0 saturated carbocycles. The van der Waals surface area contributed by atoms with Crippen molar-refractivity contribution < 1.29 is 14.2 Å². The number of hydrogen-bond donors (Lipinski definition) is 1. The van der Waals surface area contributed by atoms with Crippen LogP contribution < -0.4 is 15.2 Å². The van der Waals surface area contributed by atoms with Crippen molar-refractivity contribution in [2.45, 2.75) is 12.1 Å². The van der Waals surface area contributed by atoms with Gasteiger partial charge in [-0.3, -0.25) is 4.90 Å². The zero-order valence-electron chi connectivity index (χ0n) is 12.1. The summed E-state index contributed by atoms with van der Waals surface area (Å²) >= 11 is 6.49. The smallest absolute Gasteiger partial charge is 0.179 e. The molecule has 0 bridgehead atoms. The Balaban J connectivity index is 2.45. The molecule has 1 aromatic carbocycles. The molecule has 20 heavy (non-hydrogen) atoms. The molecular weight excluding hydrogens is 280 g/mol. The lowest BCUT2D eigenvalue weighted by atomic mass is 9.97. The van der Waals surface area contributed by atoms with E-state index in [2.05, 4.69) is 4.90 Å². The molecule has 0 aliphatic carbocycles. The molecule has 1 saturated heterocycles. The number of nitrogens with zero attached hydrogens (tertiary/aromatic N) is 1. The number of methoxy groups -OCH3 is 2. The van der Waals surface area contributed by atoms with E-state index in [1.54, 1.807) is 14.2 Å². The summed E-state index contributed by atoms with van der Waals surface area (Å²) in [5.74, 6) is 1.16. The number of likely N-dealkylation sites (N-methyl/N-ethyl adjacent to an activating group) is 1. The lowest BCUT2D eigenvalue weighted by Crippen LogP contribution is -2.46. The molecule has 0 spiro atoms. The number of benzene rings is 1. The Labute approximate surface area is 124 Å². The quantitative estimate of drug-likeness (QED) is 0.917. The molecular formula is C14H21ClN2O3. The van der Waals surface area contributed by atoms with E-state index in [1.807, 2.05) is 19.2 Å². The molecule has 1 aliphatic rings. The topological polar surface area (TPSA) is 57.0 Å². The standard InChI is InChI=1S/C14H21ClN2O3/c1-17-6-7-20-11(8-16)13(17)9-4-5-10(18-2)14(19-3)12(9)15/h4-5,11,13H,6-8,16H2,1-3H3. The summed E-state index contributed by atoms with van der Waals surface area (Å²) in [5.41, 5.74) is 6.77. The van der Waals surface area contributed by atoms with Gasteiger partial charge in [-0.05, 0) is 18.7 Å². The second kappa shape index (κ2) is 6.63. The highest BCUT2D eigenvalue weighted by Gasteiger charge is 2.33. The van der Waals surface area contributed by atoms with E-state index in [4.69, 9.17) is 31.5 Å². The average molecular weight is 301 g/mol. The van der Waals surface area contributed by atoms with Crippen molar-refractivity contribution in [2.24, 2.45) is 5.73 Å².